The quantitative estimate of drug-likeness (QED) is 0.873. The molecule has 0 bridgehead atoms. The van der Waals surface area contributed by atoms with Crippen molar-refractivity contribution < 1.29 is 0 Å². The molecule has 23 heavy (non-hydrogen) atoms. The predicted molar refractivity (Wildman–Crippen MR) is 89.5 cm³/mol. The van der Waals surface area contributed by atoms with E-state index in [4.69, 9.17) is 0 Å². The van der Waals surface area contributed by atoms with Gasteiger partial charge in [-0.05, 0) is 68.3 Å². The maximum absolute atomic E-state index is 4.52. The van der Waals surface area contributed by atoms with Gasteiger partial charge in [0.2, 0.25) is 0 Å². The molecular formula is C18H25N5. The normalized spacial score (nSPS) is 21.6. The Morgan fingerprint density at radius 2 is 1.61 bits per heavy atom. The van der Waals surface area contributed by atoms with Gasteiger partial charge in [-0.25, -0.2) is 0 Å². The lowest BCUT2D eigenvalue weighted by Gasteiger charge is -2.43. The van der Waals surface area contributed by atoms with Crippen LogP contribution in [0.25, 0.3) is 5.69 Å². The van der Waals surface area contributed by atoms with Gasteiger partial charge in [0.1, 0.15) is 0 Å². The molecule has 2 aliphatic rings. The third-order valence-electron chi connectivity index (χ3n) is 5.56. The highest BCUT2D eigenvalue weighted by Crippen LogP contribution is 2.43. The number of aryl methyl sites for hydroxylation is 1. The molecule has 5 nitrogen and oxygen atoms in total. The van der Waals surface area contributed by atoms with Gasteiger partial charge in [0.05, 0.1) is 11.2 Å². The molecule has 0 atom stereocenters. The molecule has 1 aliphatic heterocycles. The average Bonchev–Trinajstić information content (AvgIpc) is 3.28. The highest BCUT2D eigenvalue weighted by molar-refractivity contribution is 5.35. The molecule has 0 N–H and O–H groups in total. The lowest BCUT2D eigenvalue weighted by atomic mass is 9.79. The number of nitrogens with zero attached hydrogens (tertiary/aromatic N) is 5. The minimum atomic E-state index is 0.0309. The second kappa shape index (κ2) is 6.04. The van der Waals surface area contributed by atoms with Crippen LogP contribution < -0.4 is 0 Å². The molecule has 2 fully saturated rings. The Morgan fingerprint density at radius 3 is 2.30 bits per heavy atom. The molecule has 1 aromatic carbocycles. The SMILES string of the molecule is Cc1ccc(-n2nnnc2C2(N3CCCC3)CCCCC2)cc1. The van der Waals surface area contributed by atoms with Crippen molar-refractivity contribution >= 4 is 0 Å². The number of hydrogen-bond acceptors (Lipinski definition) is 4. The number of hydrogen-bond donors (Lipinski definition) is 0. The Kier molecular flexibility index (Phi) is 3.89. The van der Waals surface area contributed by atoms with E-state index >= 15 is 0 Å². The second-order valence-corrected chi connectivity index (χ2v) is 7.04. The molecule has 1 aromatic heterocycles. The highest BCUT2D eigenvalue weighted by atomic mass is 15.6. The van der Waals surface area contributed by atoms with Gasteiger partial charge in [0.15, 0.2) is 5.82 Å². The van der Waals surface area contributed by atoms with Gasteiger partial charge in [-0.2, -0.15) is 4.68 Å². The summed E-state index contributed by atoms with van der Waals surface area (Å²) in [7, 11) is 0. The smallest absolute Gasteiger partial charge is 0.176 e. The second-order valence-electron chi connectivity index (χ2n) is 7.04. The van der Waals surface area contributed by atoms with Crippen LogP contribution in [-0.4, -0.2) is 38.2 Å². The van der Waals surface area contributed by atoms with E-state index in [1.165, 1.54) is 63.6 Å². The van der Waals surface area contributed by atoms with Crippen LogP contribution in [0.1, 0.15) is 56.3 Å². The van der Waals surface area contributed by atoms with Crippen molar-refractivity contribution in [1.82, 2.24) is 25.1 Å². The standard InChI is InChI=1S/C18H25N5/c1-15-7-9-16(10-8-15)23-17(19-20-21-23)18(11-3-2-4-12-18)22-13-5-6-14-22/h7-10H,2-6,11-14H2,1H3. The van der Waals surface area contributed by atoms with E-state index in [9.17, 15) is 0 Å². The topological polar surface area (TPSA) is 46.8 Å². The molecule has 1 saturated heterocycles. The number of tetrazole rings is 1. The zero-order valence-electron chi connectivity index (χ0n) is 13.9. The zero-order valence-corrected chi connectivity index (χ0v) is 13.9. The largest absolute Gasteiger partial charge is 0.291 e. The molecule has 1 saturated carbocycles. The first-order chi connectivity index (χ1) is 11.3. The Hall–Kier alpha value is -1.75. The van der Waals surface area contributed by atoms with Crippen LogP contribution in [0.4, 0.5) is 0 Å². The van der Waals surface area contributed by atoms with Gasteiger partial charge in [-0.3, -0.25) is 4.90 Å². The van der Waals surface area contributed by atoms with Crippen LogP contribution in [0.15, 0.2) is 24.3 Å². The molecule has 0 amide bonds. The minimum Gasteiger partial charge on any atom is -0.291 e. The molecule has 2 heterocycles. The highest BCUT2D eigenvalue weighted by Gasteiger charge is 2.44. The summed E-state index contributed by atoms with van der Waals surface area (Å²) < 4.78 is 1.98. The number of rotatable bonds is 3. The Morgan fingerprint density at radius 1 is 0.913 bits per heavy atom. The van der Waals surface area contributed by atoms with Crippen molar-refractivity contribution in [1.29, 1.82) is 0 Å². The maximum Gasteiger partial charge on any atom is 0.176 e. The van der Waals surface area contributed by atoms with Gasteiger partial charge >= 0.3 is 0 Å². The molecule has 4 rings (SSSR count). The summed E-state index contributed by atoms with van der Waals surface area (Å²) >= 11 is 0. The fourth-order valence-electron chi connectivity index (χ4n) is 4.30. The van der Waals surface area contributed by atoms with Crippen molar-refractivity contribution in [2.75, 3.05) is 13.1 Å². The summed E-state index contributed by atoms with van der Waals surface area (Å²) in [5.41, 5.74) is 2.36. The van der Waals surface area contributed by atoms with Crippen LogP contribution in [-0.2, 0) is 5.54 Å². The maximum atomic E-state index is 4.52. The number of benzene rings is 1. The van der Waals surface area contributed by atoms with Crippen LogP contribution in [0, 0.1) is 6.92 Å². The summed E-state index contributed by atoms with van der Waals surface area (Å²) in [6.07, 6.45) is 8.84. The zero-order chi connectivity index (χ0) is 15.7. The molecule has 0 unspecified atom stereocenters. The van der Waals surface area contributed by atoms with E-state index < -0.39 is 0 Å². The van der Waals surface area contributed by atoms with E-state index in [0.717, 1.165) is 11.5 Å². The third-order valence-corrected chi connectivity index (χ3v) is 5.56. The lowest BCUT2D eigenvalue weighted by Crippen LogP contribution is -2.47. The first kappa shape index (κ1) is 14.8. The fraction of sp³-hybridized carbons (Fsp3) is 0.611. The van der Waals surface area contributed by atoms with Crippen LogP contribution in [0.5, 0.6) is 0 Å². The van der Waals surface area contributed by atoms with Gasteiger partial charge in [-0.1, -0.05) is 37.0 Å². The van der Waals surface area contributed by atoms with Crippen molar-refractivity contribution in [3.8, 4) is 5.69 Å². The first-order valence-electron chi connectivity index (χ1n) is 8.91. The first-order valence-corrected chi connectivity index (χ1v) is 8.91. The Balaban J connectivity index is 1.78. The summed E-state index contributed by atoms with van der Waals surface area (Å²) in [5, 5.41) is 12.9. The van der Waals surface area contributed by atoms with Gasteiger partial charge in [0.25, 0.3) is 0 Å². The predicted octanol–water partition coefficient (Wildman–Crippen LogP) is 3.23. The molecular weight excluding hydrogens is 286 g/mol. The molecule has 1 aliphatic carbocycles. The summed E-state index contributed by atoms with van der Waals surface area (Å²) in [6, 6.07) is 8.50. The molecule has 122 valence electrons. The number of likely N-dealkylation sites (tertiary alicyclic amines) is 1. The fourth-order valence-corrected chi connectivity index (χ4v) is 4.30. The van der Waals surface area contributed by atoms with Crippen molar-refractivity contribution in [2.24, 2.45) is 0 Å². The monoisotopic (exact) mass is 311 g/mol. The lowest BCUT2D eigenvalue weighted by molar-refractivity contribution is 0.0595. The van der Waals surface area contributed by atoms with E-state index in [1.54, 1.807) is 0 Å². The van der Waals surface area contributed by atoms with Gasteiger partial charge < -0.3 is 0 Å². The van der Waals surface area contributed by atoms with Crippen molar-refractivity contribution in [2.45, 2.75) is 57.4 Å². The van der Waals surface area contributed by atoms with Crippen LogP contribution in [0.3, 0.4) is 0 Å². The van der Waals surface area contributed by atoms with Gasteiger partial charge in [0, 0.05) is 0 Å². The van der Waals surface area contributed by atoms with Gasteiger partial charge in [-0.15, -0.1) is 5.10 Å². The molecule has 2 aromatic rings. The average molecular weight is 311 g/mol. The van der Waals surface area contributed by atoms with Crippen molar-refractivity contribution in [3.63, 3.8) is 0 Å². The van der Waals surface area contributed by atoms with E-state index in [0.29, 0.717) is 0 Å². The third kappa shape index (κ3) is 2.57. The molecule has 0 spiro atoms. The summed E-state index contributed by atoms with van der Waals surface area (Å²) in [6.45, 7) is 4.47. The van der Waals surface area contributed by atoms with Crippen LogP contribution >= 0.6 is 0 Å². The summed E-state index contributed by atoms with van der Waals surface area (Å²) in [4.78, 5) is 2.66. The number of aromatic nitrogens is 4. The molecule has 0 radical (unpaired) electrons. The summed E-state index contributed by atoms with van der Waals surface area (Å²) in [5.74, 6) is 1.04. The van der Waals surface area contributed by atoms with E-state index in [1.807, 2.05) is 4.68 Å². The van der Waals surface area contributed by atoms with E-state index in [-0.39, 0.29) is 5.54 Å². The Bertz CT molecular complexity index is 648. The van der Waals surface area contributed by atoms with Crippen molar-refractivity contribution in [3.05, 3.63) is 35.7 Å². The van der Waals surface area contributed by atoms with Crippen LogP contribution in [0.2, 0.25) is 0 Å². The van der Waals surface area contributed by atoms with E-state index in [2.05, 4.69) is 51.6 Å². The molecule has 5 heteroatoms. The Labute approximate surface area is 137 Å². The minimum absolute atomic E-state index is 0.0309.